The lowest BCUT2D eigenvalue weighted by Gasteiger charge is -2.10. The van der Waals surface area contributed by atoms with Gasteiger partial charge in [0.2, 0.25) is 0 Å². The van der Waals surface area contributed by atoms with E-state index in [1.54, 1.807) is 0 Å². The van der Waals surface area contributed by atoms with Crippen molar-refractivity contribution in [2.45, 2.75) is 5.51 Å². The summed E-state index contributed by atoms with van der Waals surface area (Å²) in [6.45, 7) is 3.05. The van der Waals surface area contributed by atoms with Crippen LogP contribution in [0.4, 0.5) is 13.2 Å². The van der Waals surface area contributed by atoms with E-state index in [0.29, 0.717) is 0 Å². The number of aromatic nitrogens is 1. The third-order valence-corrected chi connectivity index (χ3v) is 2.72. The summed E-state index contributed by atoms with van der Waals surface area (Å²) in [7, 11) is -5.73. The van der Waals surface area contributed by atoms with Gasteiger partial charge in [0.05, 0.1) is 5.02 Å². The quantitative estimate of drug-likeness (QED) is 0.487. The molecule has 0 spiro atoms. The average molecular weight is 288 g/mol. The van der Waals surface area contributed by atoms with Crippen LogP contribution in [0.5, 0.6) is 0 Å². The molecule has 17 heavy (non-hydrogen) atoms. The predicted molar refractivity (Wildman–Crippen MR) is 54.3 cm³/mol. The van der Waals surface area contributed by atoms with Crippen LogP contribution in [-0.4, -0.2) is 18.9 Å². The van der Waals surface area contributed by atoms with Crippen molar-refractivity contribution in [2.75, 3.05) is 0 Å². The Morgan fingerprint density at radius 1 is 1.41 bits per heavy atom. The molecule has 1 aromatic rings. The molecule has 0 radical (unpaired) electrons. The summed E-state index contributed by atoms with van der Waals surface area (Å²) in [4.78, 5) is 3.56. The number of rotatable bonds is 3. The van der Waals surface area contributed by atoms with Gasteiger partial charge in [-0.2, -0.15) is 21.6 Å². The van der Waals surface area contributed by atoms with Crippen molar-refractivity contribution in [2.24, 2.45) is 0 Å². The molecule has 0 N–H and O–H groups in total. The Morgan fingerprint density at radius 3 is 2.41 bits per heavy atom. The molecule has 1 aromatic heterocycles. The zero-order valence-electron chi connectivity index (χ0n) is 8.03. The molecule has 0 saturated heterocycles. The van der Waals surface area contributed by atoms with E-state index in [1.165, 1.54) is 12.1 Å². The summed E-state index contributed by atoms with van der Waals surface area (Å²) in [5.41, 5.74) is -5.68. The highest BCUT2D eigenvalue weighted by atomic mass is 35.5. The van der Waals surface area contributed by atoms with Crippen LogP contribution < -0.4 is 0 Å². The van der Waals surface area contributed by atoms with Crippen LogP contribution in [-0.2, 0) is 14.3 Å². The number of hydrogen-bond donors (Lipinski definition) is 0. The third kappa shape index (κ3) is 3.34. The summed E-state index contributed by atoms with van der Waals surface area (Å²) < 4.78 is 61.0. The summed E-state index contributed by atoms with van der Waals surface area (Å²) >= 11 is 5.49. The molecule has 9 heteroatoms. The lowest BCUT2D eigenvalue weighted by Crippen LogP contribution is -2.25. The Hall–Kier alpha value is -1.28. The Bertz CT molecular complexity index is 524. The van der Waals surface area contributed by atoms with E-state index in [4.69, 9.17) is 11.6 Å². The van der Waals surface area contributed by atoms with Crippen molar-refractivity contribution in [3.8, 4) is 0 Å². The normalized spacial score (nSPS) is 12.2. The lowest BCUT2D eigenvalue weighted by atomic mass is 10.3. The zero-order valence-corrected chi connectivity index (χ0v) is 9.60. The van der Waals surface area contributed by atoms with E-state index >= 15 is 0 Å². The SMILES string of the molecule is C=C(OS(=O)(=O)C(F)(F)F)c1ccc(Cl)cn1. The van der Waals surface area contributed by atoms with Crippen molar-refractivity contribution < 1.29 is 25.8 Å². The fourth-order valence-corrected chi connectivity index (χ4v) is 1.32. The molecule has 0 bridgehead atoms. The number of halogens is 4. The first-order valence-corrected chi connectivity index (χ1v) is 5.74. The number of hydrogen-bond acceptors (Lipinski definition) is 4. The first-order chi connectivity index (χ1) is 7.63. The van der Waals surface area contributed by atoms with Crippen molar-refractivity contribution in [3.63, 3.8) is 0 Å². The van der Waals surface area contributed by atoms with E-state index in [-0.39, 0.29) is 10.7 Å². The van der Waals surface area contributed by atoms with Gasteiger partial charge in [0.25, 0.3) is 0 Å². The summed E-state index contributed by atoms with van der Waals surface area (Å²) in [5.74, 6) is -0.737. The molecule has 0 amide bonds. The highest BCUT2D eigenvalue weighted by Gasteiger charge is 2.48. The van der Waals surface area contributed by atoms with Gasteiger partial charge >= 0.3 is 15.6 Å². The molecule has 0 atom stereocenters. The minimum atomic E-state index is -5.73. The third-order valence-electron chi connectivity index (χ3n) is 1.51. The number of pyridine rings is 1. The van der Waals surface area contributed by atoms with Crippen LogP contribution in [0.2, 0.25) is 5.02 Å². The molecule has 0 fully saturated rings. The van der Waals surface area contributed by atoms with E-state index in [0.717, 1.165) is 6.20 Å². The van der Waals surface area contributed by atoms with E-state index in [1.807, 2.05) is 0 Å². The molecular weight excluding hydrogens is 283 g/mol. The molecule has 0 saturated carbocycles. The lowest BCUT2D eigenvalue weighted by molar-refractivity contribution is -0.0509. The molecule has 1 heterocycles. The Kier molecular flexibility index (Phi) is 3.68. The van der Waals surface area contributed by atoms with Gasteiger partial charge in [-0.05, 0) is 12.1 Å². The van der Waals surface area contributed by atoms with Gasteiger partial charge in [0.15, 0.2) is 5.76 Å². The first-order valence-electron chi connectivity index (χ1n) is 3.95. The van der Waals surface area contributed by atoms with Gasteiger partial charge in [0.1, 0.15) is 5.69 Å². The second-order valence-electron chi connectivity index (χ2n) is 2.77. The molecule has 1 rings (SSSR count). The molecule has 4 nitrogen and oxygen atoms in total. The second-order valence-corrected chi connectivity index (χ2v) is 4.74. The molecule has 0 unspecified atom stereocenters. The van der Waals surface area contributed by atoms with Crippen molar-refractivity contribution in [1.29, 1.82) is 0 Å². The fourth-order valence-electron chi connectivity index (χ4n) is 0.763. The van der Waals surface area contributed by atoms with Gasteiger partial charge in [-0.15, -0.1) is 0 Å². The molecule has 0 aliphatic carbocycles. The van der Waals surface area contributed by atoms with Gasteiger partial charge in [-0.25, -0.2) is 0 Å². The summed E-state index contributed by atoms with van der Waals surface area (Å²) in [6, 6.07) is 2.48. The standard InChI is InChI=1S/C8H5ClF3NO3S/c1-5(7-3-2-6(9)4-13-7)16-17(14,15)8(10,11)12/h2-4H,1H2. The van der Waals surface area contributed by atoms with Gasteiger partial charge < -0.3 is 4.18 Å². The summed E-state index contributed by atoms with van der Waals surface area (Å²) in [6.07, 6.45) is 1.12. The maximum absolute atomic E-state index is 12.0. The van der Waals surface area contributed by atoms with E-state index in [2.05, 4.69) is 15.7 Å². The Labute approximate surface area is 99.8 Å². The smallest absolute Gasteiger partial charge is 0.374 e. The Morgan fingerprint density at radius 2 is 2.00 bits per heavy atom. The average Bonchev–Trinajstić information content (AvgIpc) is 2.16. The number of alkyl halides is 3. The first kappa shape index (κ1) is 13.8. The van der Waals surface area contributed by atoms with E-state index < -0.39 is 21.4 Å². The topological polar surface area (TPSA) is 56.3 Å². The highest BCUT2D eigenvalue weighted by molar-refractivity contribution is 7.87. The minimum Gasteiger partial charge on any atom is -0.374 e. The van der Waals surface area contributed by atoms with Crippen LogP contribution in [0.25, 0.3) is 5.76 Å². The maximum Gasteiger partial charge on any atom is 0.534 e. The van der Waals surface area contributed by atoms with Crippen molar-refractivity contribution in [3.05, 3.63) is 35.6 Å². The molecule has 0 aliphatic rings. The van der Waals surface area contributed by atoms with Crippen LogP contribution >= 0.6 is 11.6 Å². The minimum absolute atomic E-state index is 0.165. The molecule has 94 valence electrons. The van der Waals surface area contributed by atoms with Crippen LogP contribution in [0, 0.1) is 0 Å². The van der Waals surface area contributed by atoms with Crippen LogP contribution in [0.15, 0.2) is 24.9 Å². The zero-order chi connectivity index (χ0) is 13.3. The summed E-state index contributed by atoms with van der Waals surface area (Å²) in [5, 5.41) is 0.236. The maximum atomic E-state index is 12.0. The van der Waals surface area contributed by atoms with Crippen LogP contribution in [0.1, 0.15) is 5.69 Å². The monoisotopic (exact) mass is 287 g/mol. The molecule has 0 aliphatic heterocycles. The largest absolute Gasteiger partial charge is 0.534 e. The fraction of sp³-hybridized carbons (Fsp3) is 0.125. The molecular formula is C8H5ClF3NO3S. The number of nitrogens with zero attached hydrogens (tertiary/aromatic N) is 1. The highest BCUT2D eigenvalue weighted by Crippen LogP contribution is 2.28. The molecule has 0 aromatic carbocycles. The Balaban J connectivity index is 2.91. The van der Waals surface area contributed by atoms with Gasteiger partial charge in [-0.1, -0.05) is 18.2 Å². The van der Waals surface area contributed by atoms with Crippen molar-refractivity contribution >= 4 is 27.5 Å². The van der Waals surface area contributed by atoms with Crippen molar-refractivity contribution in [1.82, 2.24) is 4.98 Å². The van der Waals surface area contributed by atoms with Gasteiger partial charge in [0, 0.05) is 6.20 Å². The van der Waals surface area contributed by atoms with Gasteiger partial charge in [-0.3, -0.25) is 4.98 Å². The van der Waals surface area contributed by atoms with E-state index in [9.17, 15) is 21.6 Å². The van der Waals surface area contributed by atoms with Crippen LogP contribution in [0.3, 0.4) is 0 Å². The second kappa shape index (κ2) is 4.53. The predicted octanol–water partition coefficient (Wildman–Crippen LogP) is 2.57.